The molecular weight excluding hydrogens is 280 g/mol. The molecular formula is C18H29ClN2. The zero-order valence-corrected chi connectivity index (χ0v) is 14.7. The Kier molecular flexibility index (Phi) is 5.56. The van der Waals surface area contributed by atoms with E-state index in [0.717, 1.165) is 24.0 Å². The molecule has 0 amide bonds. The number of hydrogen-bond acceptors (Lipinski definition) is 2. The highest BCUT2D eigenvalue weighted by Crippen LogP contribution is 2.30. The molecule has 118 valence electrons. The molecule has 1 heterocycles. The molecule has 2 nitrogen and oxygen atoms in total. The summed E-state index contributed by atoms with van der Waals surface area (Å²) >= 11 is 6.24. The van der Waals surface area contributed by atoms with Crippen LogP contribution in [0.4, 0.5) is 5.69 Å². The van der Waals surface area contributed by atoms with Gasteiger partial charge >= 0.3 is 0 Å². The normalized spacial score (nSPS) is 23.1. The Hall–Kier alpha value is -0.730. The van der Waals surface area contributed by atoms with Gasteiger partial charge in [0, 0.05) is 35.9 Å². The third kappa shape index (κ3) is 4.14. The molecule has 0 bridgehead atoms. The Morgan fingerprint density at radius 2 is 2.00 bits per heavy atom. The van der Waals surface area contributed by atoms with Crippen LogP contribution in [0.15, 0.2) is 18.2 Å². The van der Waals surface area contributed by atoms with E-state index in [4.69, 9.17) is 11.6 Å². The van der Waals surface area contributed by atoms with E-state index in [9.17, 15) is 0 Å². The van der Waals surface area contributed by atoms with E-state index in [1.54, 1.807) is 0 Å². The van der Waals surface area contributed by atoms with E-state index in [1.807, 2.05) is 6.07 Å². The van der Waals surface area contributed by atoms with Gasteiger partial charge in [-0.05, 0) is 42.9 Å². The monoisotopic (exact) mass is 308 g/mol. The first-order valence-electron chi connectivity index (χ1n) is 8.14. The van der Waals surface area contributed by atoms with Crippen LogP contribution in [0.2, 0.25) is 5.02 Å². The fourth-order valence-corrected chi connectivity index (χ4v) is 3.49. The molecule has 1 fully saturated rings. The molecule has 0 aromatic heterocycles. The van der Waals surface area contributed by atoms with Crippen LogP contribution in [0.5, 0.6) is 0 Å². The van der Waals surface area contributed by atoms with Gasteiger partial charge in [0.05, 0.1) is 0 Å². The van der Waals surface area contributed by atoms with Crippen LogP contribution in [-0.2, 0) is 0 Å². The topological polar surface area (TPSA) is 15.3 Å². The number of benzene rings is 1. The van der Waals surface area contributed by atoms with Crippen molar-refractivity contribution in [3.05, 3.63) is 28.8 Å². The maximum atomic E-state index is 6.24. The largest absolute Gasteiger partial charge is 0.365 e. The van der Waals surface area contributed by atoms with Gasteiger partial charge in [-0.1, -0.05) is 45.4 Å². The maximum Gasteiger partial charge on any atom is 0.0438 e. The van der Waals surface area contributed by atoms with E-state index in [0.29, 0.717) is 18.0 Å². The van der Waals surface area contributed by atoms with Crippen LogP contribution in [0.3, 0.4) is 0 Å². The zero-order chi connectivity index (χ0) is 15.6. The van der Waals surface area contributed by atoms with Crippen molar-refractivity contribution in [1.82, 2.24) is 5.32 Å². The minimum Gasteiger partial charge on any atom is -0.365 e. The number of anilines is 1. The van der Waals surface area contributed by atoms with E-state index in [-0.39, 0.29) is 0 Å². The lowest BCUT2D eigenvalue weighted by atomic mass is 9.93. The lowest BCUT2D eigenvalue weighted by Gasteiger charge is -2.45. The number of piperazine rings is 1. The van der Waals surface area contributed by atoms with E-state index in [1.165, 1.54) is 17.7 Å². The number of nitrogens with zero attached hydrogens (tertiary/aromatic N) is 1. The molecule has 0 spiro atoms. The molecule has 21 heavy (non-hydrogen) atoms. The standard InChI is InChI=1S/C18H29ClN2/c1-12(2)8-16-11-21(18(10-20-16)13(3)4)17-9-15(19)7-6-14(17)5/h6-7,9,12-13,16,18,20H,8,10-11H2,1-5H3. The molecule has 1 aliphatic heterocycles. The van der Waals surface area contributed by atoms with Crippen LogP contribution in [0.1, 0.15) is 39.7 Å². The second-order valence-electron chi connectivity index (χ2n) is 7.13. The molecule has 3 heteroatoms. The molecule has 1 saturated heterocycles. The number of aryl methyl sites for hydroxylation is 1. The molecule has 2 unspecified atom stereocenters. The second kappa shape index (κ2) is 7.02. The molecule has 1 aromatic rings. The van der Waals surface area contributed by atoms with Crippen molar-refractivity contribution in [3.8, 4) is 0 Å². The van der Waals surface area contributed by atoms with Crippen molar-refractivity contribution >= 4 is 17.3 Å². The molecule has 0 aliphatic carbocycles. The van der Waals surface area contributed by atoms with Gasteiger partial charge in [0.1, 0.15) is 0 Å². The number of nitrogens with one attached hydrogen (secondary N) is 1. The molecule has 0 radical (unpaired) electrons. The first-order chi connectivity index (χ1) is 9.88. The average Bonchev–Trinajstić information content (AvgIpc) is 2.40. The van der Waals surface area contributed by atoms with Crippen molar-refractivity contribution in [3.63, 3.8) is 0 Å². The number of hydrogen-bond donors (Lipinski definition) is 1. The molecule has 1 aliphatic rings. The summed E-state index contributed by atoms with van der Waals surface area (Å²) in [5.74, 6) is 1.34. The summed E-state index contributed by atoms with van der Waals surface area (Å²) in [7, 11) is 0. The Labute approximate surface area is 134 Å². The summed E-state index contributed by atoms with van der Waals surface area (Å²) < 4.78 is 0. The molecule has 0 saturated carbocycles. The Bertz CT molecular complexity index is 470. The van der Waals surface area contributed by atoms with Gasteiger partial charge in [0.15, 0.2) is 0 Å². The summed E-state index contributed by atoms with van der Waals surface area (Å²) in [5.41, 5.74) is 2.62. The van der Waals surface area contributed by atoms with Crippen LogP contribution in [0, 0.1) is 18.8 Å². The number of halogens is 1. The molecule has 2 atom stereocenters. The summed E-state index contributed by atoms with van der Waals surface area (Å²) in [4.78, 5) is 2.58. The maximum absolute atomic E-state index is 6.24. The van der Waals surface area contributed by atoms with Gasteiger partial charge in [-0.25, -0.2) is 0 Å². The van der Waals surface area contributed by atoms with Crippen LogP contribution in [0.25, 0.3) is 0 Å². The van der Waals surface area contributed by atoms with E-state index in [2.05, 4.69) is 57.0 Å². The van der Waals surface area contributed by atoms with Crippen molar-refractivity contribution in [2.75, 3.05) is 18.0 Å². The molecule has 2 rings (SSSR count). The highest BCUT2D eigenvalue weighted by molar-refractivity contribution is 6.30. The van der Waals surface area contributed by atoms with Crippen LogP contribution >= 0.6 is 11.6 Å². The van der Waals surface area contributed by atoms with E-state index >= 15 is 0 Å². The van der Waals surface area contributed by atoms with Crippen molar-refractivity contribution < 1.29 is 0 Å². The highest BCUT2D eigenvalue weighted by Gasteiger charge is 2.31. The van der Waals surface area contributed by atoms with Gasteiger partial charge in [0.25, 0.3) is 0 Å². The Morgan fingerprint density at radius 1 is 1.29 bits per heavy atom. The van der Waals surface area contributed by atoms with Gasteiger partial charge in [-0.2, -0.15) is 0 Å². The third-order valence-electron chi connectivity index (χ3n) is 4.44. The predicted molar refractivity (Wildman–Crippen MR) is 93.4 cm³/mol. The first-order valence-corrected chi connectivity index (χ1v) is 8.52. The van der Waals surface area contributed by atoms with Crippen molar-refractivity contribution in [2.24, 2.45) is 11.8 Å². The van der Waals surface area contributed by atoms with Gasteiger partial charge < -0.3 is 10.2 Å². The fourth-order valence-electron chi connectivity index (χ4n) is 3.33. The summed E-state index contributed by atoms with van der Waals surface area (Å²) in [6.07, 6.45) is 1.22. The summed E-state index contributed by atoms with van der Waals surface area (Å²) in [6.45, 7) is 13.5. The molecule has 1 aromatic carbocycles. The lowest BCUT2D eigenvalue weighted by molar-refractivity contribution is 0.310. The molecule has 1 N–H and O–H groups in total. The Morgan fingerprint density at radius 3 is 2.62 bits per heavy atom. The fraction of sp³-hybridized carbons (Fsp3) is 0.667. The minimum atomic E-state index is 0.533. The van der Waals surface area contributed by atoms with Crippen LogP contribution < -0.4 is 10.2 Å². The van der Waals surface area contributed by atoms with Crippen LogP contribution in [-0.4, -0.2) is 25.2 Å². The smallest absolute Gasteiger partial charge is 0.0438 e. The summed E-state index contributed by atoms with van der Waals surface area (Å²) in [5, 5.41) is 4.57. The zero-order valence-electron chi connectivity index (χ0n) is 14.0. The van der Waals surface area contributed by atoms with Crippen molar-refractivity contribution in [1.29, 1.82) is 0 Å². The first kappa shape index (κ1) is 16.6. The Balaban J connectivity index is 2.27. The van der Waals surface area contributed by atoms with Gasteiger partial charge in [-0.3, -0.25) is 0 Å². The van der Waals surface area contributed by atoms with Gasteiger partial charge in [0.2, 0.25) is 0 Å². The average molecular weight is 309 g/mol. The summed E-state index contributed by atoms with van der Waals surface area (Å²) in [6, 6.07) is 7.35. The quantitative estimate of drug-likeness (QED) is 0.881. The third-order valence-corrected chi connectivity index (χ3v) is 4.67. The van der Waals surface area contributed by atoms with Gasteiger partial charge in [-0.15, -0.1) is 0 Å². The highest BCUT2D eigenvalue weighted by atomic mass is 35.5. The van der Waals surface area contributed by atoms with E-state index < -0.39 is 0 Å². The minimum absolute atomic E-state index is 0.533. The second-order valence-corrected chi connectivity index (χ2v) is 7.57. The lowest BCUT2D eigenvalue weighted by Crippen LogP contribution is -2.59. The number of rotatable bonds is 4. The predicted octanol–water partition coefficient (Wildman–Crippen LogP) is 4.50. The van der Waals surface area contributed by atoms with Crippen molar-refractivity contribution in [2.45, 2.75) is 53.1 Å². The SMILES string of the molecule is Cc1ccc(Cl)cc1N1CC(CC(C)C)NCC1C(C)C.